The fourth-order valence-electron chi connectivity index (χ4n) is 2.78. The predicted octanol–water partition coefficient (Wildman–Crippen LogP) is 4.66. The topological polar surface area (TPSA) is 38.7 Å². The first-order chi connectivity index (χ1) is 11.8. The molecule has 3 heterocycles. The highest BCUT2D eigenvalue weighted by Gasteiger charge is 2.16. The van der Waals surface area contributed by atoms with E-state index in [0.29, 0.717) is 0 Å². The molecule has 3 aromatic rings. The second kappa shape index (κ2) is 7.47. The van der Waals surface area contributed by atoms with Gasteiger partial charge in [-0.05, 0) is 54.3 Å². The molecular formula is C21H19N3. The fraction of sp³-hybridized carbons (Fsp3) is 0.0952. The molecule has 0 N–H and O–H groups in total. The second-order valence-electron chi connectivity index (χ2n) is 5.40. The van der Waals surface area contributed by atoms with E-state index in [9.17, 15) is 0 Å². The van der Waals surface area contributed by atoms with Crippen LogP contribution >= 0.6 is 0 Å². The molecule has 3 heteroatoms. The molecule has 0 fully saturated rings. The third-order valence-electron chi connectivity index (χ3n) is 3.84. The van der Waals surface area contributed by atoms with Gasteiger partial charge in [0, 0.05) is 24.2 Å². The van der Waals surface area contributed by atoms with Gasteiger partial charge in [-0.1, -0.05) is 18.2 Å². The molecule has 0 aliphatic rings. The van der Waals surface area contributed by atoms with Crippen LogP contribution < -0.4 is 0 Å². The van der Waals surface area contributed by atoms with Gasteiger partial charge in [0.2, 0.25) is 0 Å². The van der Waals surface area contributed by atoms with Crippen molar-refractivity contribution in [3.8, 4) is 22.6 Å². The summed E-state index contributed by atoms with van der Waals surface area (Å²) in [6.07, 6.45) is 10.8. The number of hydrogen-bond donors (Lipinski definition) is 0. The molecule has 0 atom stereocenters. The average molecular weight is 313 g/mol. The molecule has 0 radical (unpaired) electrons. The summed E-state index contributed by atoms with van der Waals surface area (Å²) in [6.45, 7) is 7.74. The minimum absolute atomic E-state index is 0.741. The van der Waals surface area contributed by atoms with Crippen molar-refractivity contribution in [2.45, 2.75) is 12.8 Å². The van der Waals surface area contributed by atoms with Crippen molar-refractivity contribution < 1.29 is 0 Å². The Hall–Kier alpha value is -3.07. The van der Waals surface area contributed by atoms with E-state index in [0.717, 1.165) is 41.1 Å². The van der Waals surface area contributed by atoms with Crippen molar-refractivity contribution in [2.24, 2.45) is 0 Å². The van der Waals surface area contributed by atoms with Crippen molar-refractivity contribution in [3.05, 3.63) is 91.4 Å². The summed E-state index contributed by atoms with van der Waals surface area (Å²) >= 11 is 0. The van der Waals surface area contributed by atoms with Crippen LogP contribution in [0.3, 0.4) is 0 Å². The molecule has 24 heavy (non-hydrogen) atoms. The molecule has 3 nitrogen and oxygen atoms in total. The van der Waals surface area contributed by atoms with Crippen molar-refractivity contribution in [1.82, 2.24) is 15.0 Å². The lowest BCUT2D eigenvalue weighted by molar-refractivity contribution is 1.10. The monoisotopic (exact) mass is 313 g/mol. The van der Waals surface area contributed by atoms with E-state index in [2.05, 4.69) is 28.1 Å². The Morgan fingerprint density at radius 3 is 2.29 bits per heavy atom. The Kier molecular flexibility index (Phi) is 4.92. The van der Waals surface area contributed by atoms with Crippen LogP contribution in [0.25, 0.3) is 22.6 Å². The molecule has 0 bridgehead atoms. The number of aromatic nitrogens is 3. The zero-order chi connectivity index (χ0) is 16.8. The summed E-state index contributed by atoms with van der Waals surface area (Å²) < 4.78 is 0. The van der Waals surface area contributed by atoms with E-state index < -0.39 is 0 Å². The minimum atomic E-state index is 0.741. The molecule has 0 spiro atoms. The number of rotatable bonds is 6. The Labute approximate surface area is 142 Å². The number of nitrogens with zero attached hydrogens (tertiary/aromatic N) is 3. The lowest BCUT2D eigenvalue weighted by Gasteiger charge is -2.14. The van der Waals surface area contributed by atoms with Gasteiger partial charge < -0.3 is 0 Å². The molecule has 0 saturated carbocycles. The Balaban J connectivity index is 2.22. The van der Waals surface area contributed by atoms with E-state index in [1.807, 2.05) is 54.7 Å². The van der Waals surface area contributed by atoms with E-state index in [-0.39, 0.29) is 0 Å². The number of allylic oxidation sites excluding steroid dienone is 2. The van der Waals surface area contributed by atoms with Gasteiger partial charge in [0.15, 0.2) is 0 Å². The van der Waals surface area contributed by atoms with E-state index in [1.54, 1.807) is 12.4 Å². The molecule has 3 aromatic heterocycles. The standard InChI is InChI=1S/C21H19N3/c1-3-8-16-12-15-24-20(17(16)9-4-2)21-18(10-7-14-23-21)19-11-5-6-13-22-19/h3-7,10-15H,1-2,8-9H2. The van der Waals surface area contributed by atoms with Crippen LogP contribution in [0.5, 0.6) is 0 Å². The Morgan fingerprint density at radius 1 is 0.750 bits per heavy atom. The third kappa shape index (κ3) is 3.15. The van der Waals surface area contributed by atoms with Crippen LogP contribution in [0.15, 0.2) is 80.3 Å². The van der Waals surface area contributed by atoms with Crippen LogP contribution in [-0.2, 0) is 12.8 Å². The number of hydrogen-bond acceptors (Lipinski definition) is 3. The lowest BCUT2D eigenvalue weighted by Crippen LogP contribution is -2.01. The average Bonchev–Trinajstić information content (AvgIpc) is 2.64. The smallest absolute Gasteiger partial charge is 0.0983 e. The summed E-state index contributed by atoms with van der Waals surface area (Å²) in [5.74, 6) is 0. The summed E-state index contributed by atoms with van der Waals surface area (Å²) in [5.41, 5.74) is 5.94. The minimum Gasteiger partial charge on any atom is -0.256 e. The first-order valence-electron chi connectivity index (χ1n) is 7.90. The van der Waals surface area contributed by atoms with Gasteiger partial charge >= 0.3 is 0 Å². The van der Waals surface area contributed by atoms with Gasteiger partial charge in [0.05, 0.1) is 17.1 Å². The van der Waals surface area contributed by atoms with Crippen molar-refractivity contribution in [1.29, 1.82) is 0 Å². The maximum Gasteiger partial charge on any atom is 0.0983 e. The first-order valence-corrected chi connectivity index (χ1v) is 7.90. The van der Waals surface area contributed by atoms with Crippen LogP contribution in [0.1, 0.15) is 11.1 Å². The maximum atomic E-state index is 4.62. The van der Waals surface area contributed by atoms with E-state index >= 15 is 0 Å². The second-order valence-corrected chi connectivity index (χ2v) is 5.40. The molecule has 0 unspecified atom stereocenters. The Bertz CT molecular complexity index is 854. The molecule has 3 rings (SSSR count). The Morgan fingerprint density at radius 2 is 1.54 bits per heavy atom. The first kappa shape index (κ1) is 15.8. The number of pyridine rings is 3. The molecule has 0 aliphatic carbocycles. The van der Waals surface area contributed by atoms with E-state index in [1.165, 1.54) is 5.56 Å². The van der Waals surface area contributed by atoms with E-state index in [4.69, 9.17) is 0 Å². The van der Waals surface area contributed by atoms with Gasteiger partial charge in [-0.3, -0.25) is 15.0 Å². The summed E-state index contributed by atoms with van der Waals surface area (Å²) in [7, 11) is 0. The van der Waals surface area contributed by atoms with Crippen molar-refractivity contribution in [2.75, 3.05) is 0 Å². The third-order valence-corrected chi connectivity index (χ3v) is 3.84. The summed E-state index contributed by atoms with van der Waals surface area (Å²) in [4.78, 5) is 13.7. The van der Waals surface area contributed by atoms with Crippen LogP contribution in [0, 0.1) is 0 Å². The van der Waals surface area contributed by atoms with Crippen molar-refractivity contribution in [3.63, 3.8) is 0 Å². The maximum absolute atomic E-state index is 4.62. The molecule has 0 amide bonds. The predicted molar refractivity (Wildman–Crippen MR) is 98.5 cm³/mol. The largest absolute Gasteiger partial charge is 0.256 e. The van der Waals surface area contributed by atoms with Gasteiger partial charge in [0.25, 0.3) is 0 Å². The molecule has 0 saturated heterocycles. The lowest BCUT2D eigenvalue weighted by atomic mass is 9.96. The molecule has 0 aliphatic heterocycles. The molecule has 118 valence electrons. The highest BCUT2D eigenvalue weighted by Crippen LogP contribution is 2.31. The fourth-order valence-corrected chi connectivity index (χ4v) is 2.78. The zero-order valence-electron chi connectivity index (χ0n) is 13.5. The SMILES string of the molecule is C=CCc1ccnc(-c2ncccc2-c2ccccn2)c1CC=C. The summed E-state index contributed by atoms with van der Waals surface area (Å²) in [5, 5.41) is 0. The normalized spacial score (nSPS) is 10.3. The van der Waals surface area contributed by atoms with Gasteiger partial charge in [-0.25, -0.2) is 0 Å². The van der Waals surface area contributed by atoms with Crippen molar-refractivity contribution >= 4 is 0 Å². The van der Waals surface area contributed by atoms with Gasteiger partial charge in [-0.2, -0.15) is 0 Å². The van der Waals surface area contributed by atoms with Gasteiger partial charge in [0.1, 0.15) is 0 Å². The highest BCUT2D eigenvalue weighted by molar-refractivity contribution is 5.79. The highest BCUT2D eigenvalue weighted by atomic mass is 14.8. The zero-order valence-corrected chi connectivity index (χ0v) is 13.5. The summed E-state index contributed by atoms with van der Waals surface area (Å²) in [6, 6.07) is 11.9. The van der Waals surface area contributed by atoms with Gasteiger partial charge in [-0.15, -0.1) is 13.2 Å². The molecular weight excluding hydrogens is 294 g/mol. The molecule has 0 aromatic carbocycles. The van der Waals surface area contributed by atoms with Crippen LogP contribution in [-0.4, -0.2) is 15.0 Å². The van der Waals surface area contributed by atoms with Crippen LogP contribution in [0.4, 0.5) is 0 Å². The van der Waals surface area contributed by atoms with Crippen LogP contribution in [0.2, 0.25) is 0 Å². The quantitative estimate of drug-likeness (QED) is 0.621.